The zero-order valence-electron chi connectivity index (χ0n) is 11.3. The molecule has 1 aromatic carbocycles. The van der Waals surface area contributed by atoms with Crippen molar-refractivity contribution in [2.75, 3.05) is 18.1 Å². The van der Waals surface area contributed by atoms with Crippen LogP contribution >= 0.6 is 22.6 Å². The fraction of sp³-hybridized carbons (Fsp3) is 0.600. The van der Waals surface area contributed by atoms with Gasteiger partial charge < -0.3 is 9.47 Å². The molecule has 0 bridgehead atoms. The van der Waals surface area contributed by atoms with Gasteiger partial charge in [0.15, 0.2) is 0 Å². The minimum atomic E-state index is 0.183. The van der Waals surface area contributed by atoms with Crippen molar-refractivity contribution in [3.8, 4) is 5.75 Å². The molecule has 0 heterocycles. The molecule has 1 unspecified atom stereocenters. The molecular formula is C15H23IO2. The van der Waals surface area contributed by atoms with Crippen LogP contribution in [-0.2, 0) is 4.74 Å². The number of methoxy groups -OCH3 is 1. The van der Waals surface area contributed by atoms with Crippen molar-refractivity contribution < 1.29 is 9.47 Å². The Morgan fingerprint density at radius 3 is 2.72 bits per heavy atom. The van der Waals surface area contributed by atoms with E-state index in [4.69, 9.17) is 9.47 Å². The lowest BCUT2D eigenvalue weighted by atomic mass is 10.1. The number of alkyl halides is 1. The van der Waals surface area contributed by atoms with Crippen molar-refractivity contribution in [2.45, 2.75) is 38.7 Å². The summed E-state index contributed by atoms with van der Waals surface area (Å²) < 4.78 is 12.2. The summed E-state index contributed by atoms with van der Waals surface area (Å²) in [5.74, 6) is 0.900. The van der Waals surface area contributed by atoms with Gasteiger partial charge in [0.2, 0.25) is 0 Å². The van der Waals surface area contributed by atoms with Crippen LogP contribution in [0.5, 0.6) is 5.75 Å². The van der Waals surface area contributed by atoms with Gasteiger partial charge in [-0.25, -0.2) is 0 Å². The first-order chi connectivity index (χ1) is 8.81. The van der Waals surface area contributed by atoms with Crippen LogP contribution in [0.2, 0.25) is 0 Å². The van der Waals surface area contributed by atoms with Crippen LogP contribution in [0.25, 0.3) is 0 Å². The van der Waals surface area contributed by atoms with Crippen molar-refractivity contribution in [3.63, 3.8) is 0 Å². The molecule has 0 radical (unpaired) electrons. The summed E-state index contributed by atoms with van der Waals surface area (Å²) >= 11 is 2.38. The Morgan fingerprint density at radius 2 is 2.06 bits per heavy atom. The number of benzene rings is 1. The van der Waals surface area contributed by atoms with Gasteiger partial charge in [-0.1, -0.05) is 60.9 Å². The number of hydrogen-bond acceptors (Lipinski definition) is 2. The van der Waals surface area contributed by atoms with Gasteiger partial charge in [-0.3, -0.25) is 0 Å². The van der Waals surface area contributed by atoms with Crippen LogP contribution in [0.1, 0.15) is 44.3 Å². The first-order valence-electron chi connectivity index (χ1n) is 6.63. The van der Waals surface area contributed by atoms with Crippen molar-refractivity contribution in [1.82, 2.24) is 0 Å². The average molecular weight is 362 g/mol. The molecule has 0 aromatic heterocycles. The van der Waals surface area contributed by atoms with Gasteiger partial charge in [-0.05, 0) is 24.1 Å². The highest BCUT2D eigenvalue weighted by atomic mass is 127. The van der Waals surface area contributed by atoms with Crippen molar-refractivity contribution in [1.29, 1.82) is 0 Å². The molecule has 0 amide bonds. The summed E-state index contributed by atoms with van der Waals surface area (Å²) in [6, 6.07) is 8.16. The lowest BCUT2D eigenvalue weighted by Crippen LogP contribution is -2.07. The van der Waals surface area contributed by atoms with Gasteiger partial charge in [-0.15, -0.1) is 0 Å². The van der Waals surface area contributed by atoms with E-state index in [9.17, 15) is 0 Å². The summed E-state index contributed by atoms with van der Waals surface area (Å²) in [5.41, 5.74) is 1.21. The highest BCUT2D eigenvalue weighted by molar-refractivity contribution is 14.1. The molecule has 102 valence electrons. The van der Waals surface area contributed by atoms with Crippen LogP contribution in [0.15, 0.2) is 24.3 Å². The third-order valence-corrected chi connectivity index (χ3v) is 3.72. The van der Waals surface area contributed by atoms with Gasteiger partial charge >= 0.3 is 0 Å². The predicted molar refractivity (Wildman–Crippen MR) is 84.7 cm³/mol. The van der Waals surface area contributed by atoms with E-state index in [1.165, 1.54) is 24.8 Å². The highest BCUT2D eigenvalue weighted by Crippen LogP contribution is 2.24. The van der Waals surface area contributed by atoms with E-state index >= 15 is 0 Å². The fourth-order valence-electron chi connectivity index (χ4n) is 1.83. The zero-order chi connectivity index (χ0) is 13.2. The Morgan fingerprint density at radius 1 is 1.22 bits per heavy atom. The van der Waals surface area contributed by atoms with Crippen molar-refractivity contribution in [2.24, 2.45) is 0 Å². The van der Waals surface area contributed by atoms with Crippen LogP contribution in [-0.4, -0.2) is 18.1 Å². The third-order valence-electron chi connectivity index (χ3n) is 2.92. The monoisotopic (exact) mass is 362 g/mol. The van der Waals surface area contributed by atoms with Crippen LogP contribution in [0, 0.1) is 0 Å². The molecule has 3 heteroatoms. The molecular weight excluding hydrogens is 339 g/mol. The largest absolute Gasteiger partial charge is 0.497 e. The van der Waals surface area contributed by atoms with E-state index in [-0.39, 0.29) is 6.10 Å². The first kappa shape index (κ1) is 15.8. The van der Waals surface area contributed by atoms with Crippen molar-refractivity contribution in [3.05, 3.63) is 29.8 Å². The standard InChI is InChI=1S/C15H23IO2/c1-3-4-5-6-10-18-15(12-16)13-8-7-9-14(11-13)17-2/h7-9,11,15H,3-6,10,12H2,1-2H3. The van der Waals surface area contributed by atoms with E-state index in [0.717, 1.165) is 23.2 Å². The molecule has 18 heavy (non-hydrogen) atoms. The lowest BCUT2D eigenvalue weighted by Gasteiger charge is -2.16. The number of unbranched alkanes of at least 4 members (excludes halogenated alkanes) is 3. The second-order valence-electron chi connectivity index (χ2n) is 4.35. The molecule has 2 nitrogen and oxygen atoms in total. The first-order valence-corrected chi connectivity index (χ1v) is 8.15. The lowest BCUT2D eigenvalue weighted by molar-refractivity contribution is 0.0678. The summed E-state index contributed by atoms with van der Waals surface area (Å²) in [7, 11) is 1.70. The summed E-state index contributed by atoms with van der Waals surface area (Å²) in [6.07, 6.45) is 5.18. The molecule has 1 aromatic rings. The van der Waals surface area contributed by atoms with Crippen molar-refractivity contribution >= 4 is 22.6 Å². The highest BCUT2D eigenvalue weighted by Gasteiger charge is 2.10. The zero-order valence-corrected chi connectivity index (χ0v) is 13.5. The number of rotatable bonds is 9. The minimum absolute atomic E-state index is 0.183. The SMILES string of the molecule is CCCCCCOC(CI)c1cccc(OC)c1. The molecule has 0 fully saturated rings. The predicted octanol–water partition coefficient (Wildman–Crippen LogP) is 4.77. The van der Waals surface area contributed by atoms with Gasteiger partial charge in [-0.2, -0.15) is 0 Å². The second kappa shape index (κ2) is 9.62. The summed E-state index contributed by atoms with van der Waals surface area (Å²) in [5, 5.41) is 0. The molecule has 1 atom stereocenters. The smallest absolute Gasteiger partial charge is 0.119 e. The molecule has 0 spiro atoms. The Balaban J connectivity index is 2.44. The Kier molecular flexibility index (Phi) is 8.42. The maximum absolute atomic E-state index is 5.96. The number of ether oxygens (including phenoxy) is 2. The normalized spacial score (nSPS) is 12.4. The molecule has 0 aliphatic carbocycles. The van der Waals surface area contributed by atoms with Gasteiger partial charge in [0.05, 0.1) is 13.2 Å². The summed E-state index contributed by atoms with van der Waals surface area (Å²) in [4.78, 5) is 0. The molecule has 0 aliphatic rings. The van der Waals surface area contributed by atoms with Crippen LogP contribution in [0.4, 0.5) is 0 Å². The quantitative estimate of drug-likeness (QED) is 0.358. The second-order valence-corrected chi connectivity index (χ2v) is 5.23. The molecule has 0 aliphatic heterocycles. The number of hydrogen-bond donors (Lipinski definition) is 0. The van der Waals surface area contributed by atoms with Gasteiger partial charge in [0.1, 0.15) is 5.75 Å². The van der Waals surface area contributed by atoms with E-state index in [1.807, 2.05) is 12.1 Å². The number of halogens is 1. The third kappa shape index (κ3) is 5.57. The topological polar surface area (TPSA) is 18.5 Å². The molecule has 0 saturated heterocycles. The Labute approximate surface area is 124 Å². The molecule has 0 saturated carbocycles. The average Bonchev–Trinajstić information content (AvgIpc) is 2.43. The molecule has 1 rings (SSSR count). The Bertz CT molecular complexity index is 328. The maximum atomic E-state index is 5.96. The van der Waals surface area contributed by atoms with E-state index in [1.54, 1.807) is 7.11 Å². The minimum Gasteiger partial charge on any atom is -0.497 e. The fourth-order valence-corrected chi connectivity index (χ4v) is 2.59. The van der Waals surface area contributed by atoms with E-state index in [2.05, 4.69) is 41.6 Å². The van der Waals surface area contributed by atoms with Crippen LogP contribution < -0.4 is 4.74 Å². The molecule has 0 N–H and O–H groups in total. The maximum Gasteiger partial charge on any atom is 0.119 e. The summed E-state index contributed by atoms with van der Waals surface area (Å²) in [6.45, 7) is 3.08. The van der Waals surface area contributed by atoms with Gasteiger partial charge in [0, 0.05) is 11.0 Å². The van der Waals surface area contributed by atoms with Crippen LogP contribution in [0.3, 0.4) is 0 Å². The van der Waals surface area contributed by atoms with E-state index < -0.39 is 0 Å². The van der Waals surface area contributed by atoms with Gasteiger partial charge in [0.25, 0.3) is 0 Å². The van der Waals surface area contributed by atoms with E-state index in [0.29, 0.717) is 0 Å². The Hall–Kier alpha value is -0.290.